The van der Waals surface area contributed by atoms with Crippen LogP contribution in [0.4, 0.5) is 5.69 Å². The molecule has 4 heteroatoms. The van der Waals surface area contributed by atoms with Crippen LogP contribution in [0.25, 0.3) is 0 Å². The van der Waals surface area contributed by atoms with Gasteiger partial charge in [0.15, 0.2) is 0 Å². The molecule has 0 aliphatic heterocycles. The summed E-state index contributed by atoms with van der Waals surface area (Å²) in [4.78, 5) is 2.84. The van der Waals surface area contributed by atoms with Crippen LogP contribution in [0, 0.1) is 5.92 Å². The van der Waals surface area contributed by atoms with E-state index in [9.17, 15) is 0 Å². The maximum absolute atomic E-state index is 5.70. The van der Waals surface area contributed by atoms with E-state index in [2.05, 4.69) is 46.9 Å². The lowest BCUT2D eigenvalue weighted by Crippen LogP contribution is -2.35. The van der Waals surface area contributed by atoms with Crippen LogP contribution >= 0.6 is 28.1 Å². The molecular formula is C16H23BrN2S. The van der Waals surface area contributed by atoms with Crippen LogP contribution in [0.1, 0.15) is 44.6 Å². The molecular weight excluding hydrogens is 332 g/mol. The zero-order valence-electron chi connectivity index (χ0n) is 12.2. The molecule has 1 aromatic carbocycles. The number of rotatable bonds is 4. The van der Waals surface area contributed by atoms with Crippen LogP contribution in [-0.2, 0) is 0 Å². The van der Waals surface area contributed by atoms with Gasteiger partial charge in [-0.3, -0.25) is 0 Å². The molecule has 0 unspecified atom stereocenters. The molecule has 2 nitrogen and oxygen atoms in total. The maximum atomic E-state index is 5.70. The lowest BCUT2D eigenvalue weighted by Gasteiger charge is -2.36. The molecule has 0 amide bonds. The van der Waals surface area contributed by atoms with E-state index < -0.39 is 0 Å². The number of nitrogens with zero attached hydrogens (tertiary/aromatic N) is 1. The first-order valence-electron chi connectivity index (χ1n) is 7.35. The van der Waals surface area contributed by atoms with Crippen molar-refractivity contribution in [2.75, 3.05) is 11.9 Å². The summed E-state index contributed by atoms with van der Waals surface area (Å²) in [5, 5.41) is 0. The van der Waals surface area contributed by atoms with Crippen LogP contribution in [-0.4, -0.2) is 18.1 Å². The van der Waals surface area contributed by atoms with Crippen molar-refractivity contribution in [2.45, 2.75) is 45.1 Å². The van der Waals surface area contributed by atoms with Gasteiger partial charge in [0.05, 0.1) is 0 Å². The molecule has 1 aliphatic rings. The van der Waals surface area contributed by atoms with Gasteiger partial charge in [0.1, 0.15) is 4.99 Å². The monoisotopic (exact) mass is 354 g/mol. The second-order valence-electron chi connectivity index (χ2n) is 5.72. The Morgan fingerprint density at radius 2 is 2.00 bits per heavy atom. The highest BCUT2D eigenvalue weighted by Gasteiger charge is 2.23. The first kappa shape index (κ1) is 15.8. The van der Waals surface area contributed by atoms with E-state index in [-0.39, 0.29) is 0 Å². The Bertz CT molecular complexity index is 481. The van der Waals surface area contributed by atoms with Crippen LogP contribution in [0.5, 0.6) is 0 Å². The Balaban J connectivity index is 2.08. The fourth-order valence-corrected chi connectivity index (χ4v) is 3.96. The predicted molar refractivity (Wildman–Crippen MR) is 94.5 cm³/mol. The zero-order chi connectivity index (χ0) is 14.7. The maximum Gasteiger partial charge on any atom is 0.105 e. The number of nitrogens with two attached hydrogens (primary N) is 1. The van der Waals surface area contributed by atoms with Gasteiger partial charge in [-0.05, 0) is 65.7 Å². The smallest absolute Gasteiger partial charge is 0.105 e. The van der Waals surface area contributed by atoms with Crippen molar-refractivity contribution in [3.05, 3.63) is 28.2 Å². The van der Waals surface area contributed by atoms with Crippen LogP contribution in [0.3, 0.4) is 0 Å². The summed E-state index contributed by atoms with van der Waals surface area (Å²) in [7, 11) is 2.19. The summed E-state index contributed by atoms with van der Waals surface area (Å²) in [6.07, 6.45) is 6.63. The quantitative estimate of drug-likeness (QED) is 0.807. The fourth-order valence-electron chi connectivity index (χ4n) is 3.07. The Labute approximate surface area is 135 Å². The Morgan fingerprint density at radius 3 is 2.50 bits per heavy atom. The van der Waals surface area contributed by atoms with Crippen molar-refractivity contribution in [1.82, 2.24) is 0 Å². The zero-order valence-corrected chi connectivity index (χ0v) is 14.6. The fraction of sp³-hybridized carbons (Fsp3) is 0.562. The second-order valence-corrected chi connectivity index (χ2v) is 7.02. The molecule has 0 spiro atoms. The lowest BCUT2D eigenvalue weighted by molar-refractivity contribution is 0.313. The van der Waals surface area contributed by atoms with Gasteiger partial charge in [-0.2, -0.15) is 0 Å². The van der Waals surface area contributed by atoms with Gasteiger partial charge in [0.25, 0.3) is 0 Å². The summed E-state index contributed by atoms with van der Waals surface area (Å²) < 4.78 is 0.983. The van der Waals surface area contributed by atoms with Gasteiger partial charge in [0, 0.05) is 28.8 Å². The number of anilines is 1. The molecule has 0 saturated heterocycles. The average molecular weight is 355 g/mol. The molecule has 0 atom stereocenters. The third-order valence-corrected chi connectivity index (χ3v) is 5.44. The number of benzene rings is 1. The summed E-state index contributed by atoms with van der Waals surface area (Å²) in [5.74, 6) is 0.934. The highest BCUT2D eigenvalue weighted by molar-refractivity contribution is 9.10. The van der Waals surface area contributed by atoms with E-state index >= 15 is 0 Å². The van der Waals surface area contributed by atoms with Gasteiger partial charge < -0.3 is 10.6 Å². The summed E-state index contributed by atoms with van der Waals surface area (Å²) in [6, 6.07) is 6.90. The summed E-state index contributed by atoms with van der Waals surface area (Å²) >= 11 is 8.61. The number of halogens is 1. The van der Waals surface area contributed by atoms with Crippen molar-refractivity contribution in [1.29, 1.82) is 0 Å². The minimum absolute atomic E-state index is 0.439. The number of hydrogen-bond donors (Lipinski definition) is 1. The van der Waals surface area contributed by atoms with Crippen LogP contribution in [0.2, 0.25) is 0 Å². The lowest BCUT2D eigenvalue weighted by atomic mass is 9.84. The van der Waals surface area contributed by atoms with Crippen LogP contribution < -0.4 is 10.6 Å². The van der Waals surface area contributed by atoms with Crippen molar-refractivity contribution < 1.29 is 0 Å². The SMILES string of the molecule is CCC1CCC(N(C)c2ccc(C(N)=S)c(Br)c2)CC1. The van der Waals surface area contributed by atoms with Crippen molar-refractivity contribution in [2.24, 2.45) is 11.7 Å². The molecule has 1 aliphatic carbocycles. The third kappa shape index (κ3) is 3.53. The Kier molecular flexibility index (Phi) is 5.44. The van der Waals surface area contributed by atoms with Crippen molar-refractivity contribution in [3.63, 3.8) is 0 Å². The normalized spacial score (nSPS) is 22.6. The molecule has 0 heterocycles. The van der Waals surface area contributed by atoms with Gasteiger partial charge in [-0.25, -0.2) is 0 Å². The summed E-state index contributed by atoms with van der Waals surface area (Å²) in [6.45, 7) is 2.31. The van der Waals surface area contributed by atoms with Crippen LogP contribution in [0.15, 0.2) is 22.7 Å². The van der Waals surface area contributed by atoms with E-state index in [1.807, 2.05) is 6.07 Å². The van der Waals surface area contributed by atoms with Gasteiger partial charge in [0.2, 0.25) is 0 Å². The van der Waals surface area contributed by atoms with Gasteiger partial charge >= 0.3 is 0 Å². The van der Waals surface area contributed by atoms with E-state index in [0.717, 1.165) is 16.0 Å². The second kappa shape index (κ2) is 6.90. The van der Waals surface area contributed by atoms with E-state index in [0.29, 0.717) is 11.0 Å². The van der Waals surface area contributed by atoms with E-state index in [1.54, 1.807) is 0 Å². The molecule has 110 valence electrons. The standard InChI is InChI=1S/C16H23BrN2S/c1-3-11-4-6-12(7-5-11)19(2)13-8-9-14(16(18)20)15(17)10-13/h8-12H,3-7H2,1-2H3,(H2,18,20). The molecule has 0 aromatic heterocycles. The van der Waals surface area contributed by atoms with Crippen molar-refractivity contribution in [3.8, 4) is 0 Å². The Hall–Kier alpha value is -0.610. The molecule has 20 heavy (non-hydrogen) atoms. The van der Waals surface area contributed by atoms with E-state index in [4.69, 9.17) is 18.0 Å². The highest BCUT2D eigenvalue weighted by atomic mass is 79.9. The first-order valence-corrected chi connectivity index (χ1v) is 8.55. The average Bonchev–Trinajstić information content (AvgIpc) is 2.46. The molecule has 2 N–H and O–H groups in total. The molecule has 2 rings (SSSR count). The van der Waals surface area contributed by atoms with Gasteiger partial charge in [-0.1, -0.05) is 25.6 Å². The van der Waals surface area contributed by atoms with E-state index in [1.165, 1.54) is 37.8 Å². The minimum Gasteiger partial charge on any atom is -0.389 e. The predicted octanol–water partition coefficient (Wildman–Crippen LogP) is 4.49. The molecule has 1 aromatic rings. The highest BCUT2D eigenvalue weighted by Crippen LogP contribution is 2.32. The number of thiocarbonyl (C=S) groups is 1. The molecule has 1 saturated carbocycles. The van der Waals surface area contributed by atoms with Gasteiger partial charge in [-0.15, -0.1) is 0 Å². The minimum atomic E-state index is 0.439. The Morgan fingerprint density at radius 1 is 1.35 bits per heavy atom. The number of hydrogen-bond acceptors (Lipinski definition) is 2. The topological polar surface area (TPSA) is 29.3 Å². The largest absolute Gasteiger partial charge is 0.389 e. The first-order chi connectivity index (χ1) is 9.52. The third-order valence-electron chi connectivity index (χ3n) is 4.57. The molecule has 1 fully saturated rings. The van der Waals surface area contributed by atoms with Crippen molar-refractivity contribution >= 4 is 38.8 Å². The molecule has 0 radical (unpaired) electrons. The summed E-state index contributed by atoms with van der Waals surface area (Å²) in [5.41, 5.74) is 7.84. The molecule has 0 bridgehead atoms.